The van der Waals surface area contributed by atoms with E-state index in [2.05, 4.69) is 196 Å². The molecule has 2 heteroatoms. The van der Waals surface area contributed by atoms with E-state index in [0.717, 1.165) is 27.9 Å². The SMILES string of the molecule is CC1(C)c2ccccc2-c2ccc(N(c3ccc(-c4ccccc4)cc3)c3cccc4c3C(C)(C)c3c-4c4ccccc4c4oc5ccccc5c34)cc21. The first-order chi connectivity index (χ1) is 26.3. The molecule has 258 valence electrons. The van der Waals surface area contributed by atoms with Crippen molar-refractivity contribution in [3.63, 3.8) is 0 Å². The Labute approximate surface area is 315 Å². The van der Waals surface area contributed by atoms with E-state index < -0.39 is 0 Å². The molecule has 0 unspecified atom stereocenters. The molecule has 0 fully saturated rings. The summed E-state index contributed by atoms with van der Waals surface area (Å²) in [6.45, 7) is 9.56. The standard InChI is InChI=1S/C52H39NO/c1-51(2)42-22-12-10-17-36(42)37-30-29-35(31-43(37)51)53(34-27-25-33(26-28-34)32-15-6-5-7-16-32)44-23-14-21-41-46-38-18-8-9-19-39(38)50-47(49(46)52(3,4)48(41)44)40-20-11-13-24-45(40)54-50/h5-31H,1-4H3. The molecule has 2 aliphatic rings. The van der Waals surface area contributed by atoms with Gasteiger partial charge in [0.15, 0.2) is 0 Å². The van der Waals surface area contributed by atoms with Crippen molar-refractivity contribution in [1.29, 1.82) is 0 Å². The molecule has 1 aromatic heterocycles. The van der Waals surface area contributed by atoms with Crippen LogP contribution in [0.25, 0.3) is 66.1 Å². The number of para-hydroxylation sites is 1. The zero-order valence-corrected chi connectivity index (χ0v) is 30.9. The third-order valence-electron chi connectivity index (χ3n) is 12.4. The van der Waals surface area contributed by atoms with Gasteiger partial charge in [0.05, 0.1) is 5.69 Å². The summed E-state index contributed by atoms with van der Waals surface area (Å²) in [5.74, 6) is 0. The molecule has 0 atom stereocenters. The Hall–Kier alpha value is -6.38. The Morgan fingerprint density at radius 1 is 0.444 bits per heavy atom. The third-order valence-corrected chi connectivity index (χ3v) is 12.4. The molecule has 0 bridgehead atoms. The first-order valence-electron chi connectivity index (χ1n) is 19.0. The van der Waals surface area contributed by atoms with Crippen molar-refractivity contribution in [2.75, 3.05) is 4.90 Å². The maximum atomic E-state index is 6.73. The fourth-order valence-electron chi connectivity index (χ4n) is 9.96. The van der Waals surface area contributed by atoms with Crippen molar-refractivity contribution in [1.82, 2.24) is 0 Å². The average Bonchev–Trinajstić information content (AvgIpc) is 3.79. The minimum absolute atomic E-state index is 0.119. The second-order valence-corrected chi connectivity index (χ2v) is 16.1. The van der Waals surface area contributed by atoms with Crippen LogP contribution in [0.3, 0.4) is 0 Å². The Kier molecular flexibility index (Phi) is 6.39. The summed E-state index contributed by atoms with van der Waals surface area (Å²) in [5, 5.41) is 4.79. The summed E-state index contributed by atoms with van der Waals surface area (Å²) in [7, 11) is 0. The van der Waals surface area contributed by atoms with Gasteiger partial charge in [-0.25, -0.2) is 0 Å². The maximum absolute atomic E-state index is 6.73. The van der Waals surface area contributed by atoms with Gasteiger partial charge >= 0.3 is 0 Å². The summed E-state index contributed by atoms with van der Waals surface area (Å²) >= 11 is 0. The van der Waals surface area contributed by atoms with E-state index in [1.165, 1.54) is 77.5 Å². The fourth-order valence-corrected chi connectivity index (χ4v) is 9.96. The Morgan fingerprint density at radius 3 is 1.89 bits per heavy atom. The summed E-state index contributed by atoms with van der Waals surface area (Å²) in [4.78, 5) is 2.51. The molecular weight excluding hydrogens is 655 g/mol. The maximum Gasteiger partial charge on any atom is 0.143 e. The lowest BCUT2D eigenvalue weighted by Crippen LogP contribution is -2.21. The molecule has 2 aliphatic carbocycles. The van der Waals surface area contributed by atoms with Crippen molar-refractivity contribution in [2.24, 2.45) is 0 Å². The van der Waals surface area contributed by atoms with Gasteiger partial charge in [-0.1, -0.05) is 155 Å². The highest BCUT2D eigenvalue weighted by Crippen LogP contribution is 2.60. The predicted molar refractivity (Wildman–Crippen MR) is 226 cm³/mol. The molecule has 1 heterocycles. The Morgan fingerprint density at radius 2 is 1.07 bits per heavy atom. The normalized spacial score (nSPS) is 14.6. The molecular formula is C52H39NO. The van der Waals surface area contributed by atoms with Crippen molar-refractivity contribution >= 4 is 49.8 Å². The van der Waals surface area contributed by atoms with Crippen LogP contribution in [0.1, 0.15) is 49.9 Å². The summed E-state index contributed by atoms with van der Waals surface area (Å²) in [6.07, 6.45) is 0. The van der Waals surface area contributed by atoms with Crippen LogP contribution in [0, 0.1) is 0 Å². The van der Waals surface area contributed by atoms with E-state index >= 15 is 0 Å². The van der Waals surface area contributed by atoms with Gasteiger partial charge in [-0.15, -0.1) is 0 Å². The van der Waals surface area contributed by atoms with Crippen LogP contribution in [0.15, 0.2) is 168 Å². The van der Waals surface area contributed by atoms with Crippen molar-refractivity contribution in [3.8, 4) is 33.4 Å². The quantitative estimate of drug-likeness (QED) is 0.182. The van der Waals surface area contributed by atoms with Gasteiger partial charge in [0.25, 0.3) is 0 Å². The van der Waals surface area contributed by atoms with Gasteiger partial charge in [-0.3, -0.25) is 0 Å². The van der Waals surface area contributed by atoms with Crippen LogP contribution in [-0.2, 0) is 10.8 Å². The van der Waals surface area contributed by atoms with E-state index in [-0.39, 0.29) is 10.8 Å². The molecule has 2 nitrogen and oxygen atoms in total. The zero-order chi connectivity index (χ0) is 36.3. The van der Waals surface area contributed by atoms with Crippen LogP contribution in [0.4, 0.5) is 17.1 Å². The zero-order valence-electron chi connectivity index (χ0n) is 30.9. The third kappa shape index (κ3) is 4.17. The number of nitrogens with zero attached hydrogens (tertiary/aromatic N) is 1. The monoisotopic (exact) mass is 693 g/mol. The number of hydrogen-bond donors (Lipinski definition) is 0. The fraction of sp³-hybridized carbons (Fsp3) is 0.115. The van der Waals surface area contributed by atoms with Gasteiger partial charge in [-0.2, -0.15) is 0 Å². The molecule has 0 saturated carbocycles. The van der Waals surface area contributed by atoms with E-state index in [0.29, 0.717) is 0 Å². The van der Waals surface area contributed by atoms with E-state index in [1.807, 2.05) is 0 Å². The first kappa shape index (κ1) is 31.2. The second kappa shape index (κ2) is 11.1. The Balaban J connectivity index is 1.19. The summed E-state index contributed by atoms with van der Waals surface area (Å²) in [5.41, 5.74) is 18.0. The summed E-state index contributed by atoms with van der Waals surface area (Å²) < 4.78 is 6.73. The predicted octanol–water partition coefficient (Wildman–Crippen LogP) is 14.5. The van der Waals surface area contributed by atoms with Crippen molar-refractivity contribution < 1.29 is 4.42 Å². The van der Waals surface area contributed by atoms with Gasteiger partial charge in [0.1, 0.15) is 11.2 Å². The number of rotatable bonds is 4. The Bertz CT molecular complexity index is 2980. The molecule has 0 aliphatic heterocycles. The number of furan rings is 1. The molecule has 9 aromatic rings. The average molecular weight is 694 g/mol. The van der Waals surface area contributed by atoms with Gasteiger partial charge in [-0.05, 0) is 97.4 Å². The second-order valence-electron chi connectivity index (χ2n) is 16.1. The molecule has 0 radical (unpaired) electrons. The van der Waals surface area contributed by atoms with Crippen LogP contribution in [0.2, 0.25) is 0 Å². The lowest BCUT2D eigenvalue weighted by molar-refractivity contribution is 0.658. The number of benzene rings is 8. The van der Waals surface area contributed by atoms with E-state index in [4.69, 9.17) is 4.42 Å². The lowest BCUT2D eigenvalue weighted by atomic mass is 9.78. The first-order valence-corrected chi connectivity index (χ1v) is 19.0. The molecule has 8 aromatic carbocycles. The smallest absolute Gasteiger partial charge is 0.143 e. The number of anilines is 3. The molecule has 0 amide bonds. The van der Waals surface area contributed by atoms with Gasteiger partial charge in [0.2, 0.25) is 0 Å². The number of fused-ring (bicyclic) bond motifs is 13. The van der Waals surface area contributed by atoms with E-state index in [1.54, 1.807) is 0 Å². The largest absolute Gasteiger partial charge is 0.455 e. The van der Waals surface area contributed by atoms with Crippen molar-refractivity contribution in [3.05, 3.63) is 186 Å². The highest BCUT2D eigenvalue weighted by atomic mass is 16.3. The molecule has 0 N–H and O–H groups in total. The topological polar surface area (TPSA) is 16.4 Å². The molecule has 11 rings (SSSR count). The minimum atomic E-state index is -0.343. The molecule has 0 saturated heterocycles. The van der Waals surface area contributed by atoms with E-state index in [9.17, 15) is 0 Å². The van der Waals surface area contributed by atoms with Crippen LogP contribution in [-0.4, -0.2) is 0 Å². The minimum Gasteiger partial charge on any atom is -0.455 e. The van der Waals surface area contributed by atoms with Crippen LogP contribution >= 0.6 is 0 Å². The highest BCUT2D eigenvalue weighted by Gasteiger charge is 2.43. The van der Waals surface area contributed by atoms with Crippen molar-refractivity contribution in [2.45, 2.75) is 38.5 Å². The van der Waals surface area contributed by atoms with Gasteiger partial charge in [0, 0.05) is 38.4 Å². The highest BCUT2D eigenvalue weighted by molar-refractivity contribution is 6.23. The van der Waals surface area contributed by atoms with Crippen LogP contribution in [0.5, 0.6) is 0 Å². The van der Waals surface area contributed by atoms with Gasteiger partial charge < -0.3 is 9.32 Å². The molecule has 54 heavy (non-hydrogen) atoms. The van der Waals surface area contributed by atoms with Crippen LogP contribution < -0.4 is 4.90 Å². The summed E-state index contributed by atoms with van der Waals surface area (Å²) in [6, 6.07) is 60.1. The number of hydrogen-bond acceptors (Lipinski definition) is 2. The molecule has 0 spiro atoms. The lowest BCUT2D eigenvalue weighted by Gasteiger charge is -2.33.